The predicted molar refractivity (Wildman–Crippen MR) is 87.7 cm³/mol. The molecule has 0 aliphatic rings. The lowest BCUT2D eigenvalue weighted by Crippen LogP contribution is -2.26. The number of ketones is 1. The highest BCUT2D eigenvalue weighted by atomic mass is 16.6. The van der Waals surface area contributed by atoms with Crippen LogP contribution in [0.4, 0.5) is 5.69 Å². The molecule has 2 aromatic rings. The lowest BCUT2D eigenvalue weighted by Gasteiger charge is -2.18. The maximum Gasteiger partial charge on any atom is 0.269 e. The Balaban J connectivity index is 2.35. The molecule has 0 amide bonds. The van der Waals surface area contributed by atoms with Gasteiger partial charge in [0, 0.05) is 36.0 Å². The van der Waals surface area contributed by atoms with E-state index in [1.165, 1.54) is 25.1 Å². The van der Waals surface area contributed by atoms with Crippen LogP contribution in [0.2, 0.25) is 0 Å². The molecule has 0 saturated heterocycles. The second-order valence-corrected chi connectivity index (χ2v) is 5.48. The first kappa shape index (κ1) is 17.3. The zero-order valence-electron chi connectivity index (χ0n) is 13.0. The molecular formula is C17H16N2O5. The van der Waals surface area contributed by atoms with Crippen LogP contribution in [-0.4, -0.2) is 21.7 Å². The van der Waals surface area contributed by atoms with E-state index >= 15 is 0 Å². The molecule has 7 heteroatoms. The third-order valence-electron chi connectivity index (χ3n) is 3.93. The van der Waals surface area contributed by atoms with Crippen LogP contribution in [-0.2, 0) is 0 Å². The molecular weight excluding hydrogens is 312 g/mol. The van der Waals surface area contributed by atoms with Crippen LogP contribution in [0.5, 0.6) is 0 Å². The van der Waals surface area contributed by atoms with Gasteiger partial charge in [0.25, 0.3) is 5.69 Å². The molecule has 0 saturated carbocycles. The Morgan fingerprint density at radius 1 is 1.04 bits per heavy atom. The first-order valence-corrected chi connectivity index (χ1v) is 7.36. The van der Waals surface area contributed by atoms with Crippen LogP contribution in [0.15, 0.2) is 54.6 Å². The van der Waals surface area contributed by atoms with Gasteiger partial charge in [-0.3, -0.25) is 25.0 Å². The molecule has 24 heavy (non-hydrogen) atoms. The molecule has 124 valence electrons. The second-order valence-electron chi connectivity index (χ2n) is 5.48. The monoisotopic (exact) mass is 328 g/mol. The molecule has 0 spiro atoms. The van der Waals surface area contributed by atoms with Gasteiger partial charge in [-0.1, -0.05) is 42.5 Å². The molecule has 2 unspecified atom stereocenters. The summed E-state index contributed by atoms with van der Waals surface area (Å²) in [6, 6.07) is 13.1. The van der Waals surface area contributed by atoms with E-state index in [-0.39, 0.29) is 17.9 Å². The van der Waals surface area contributed by atoms with Crippen LogP contribution < -0.4 is 0 Å². The first-order chi connectivity index (χ1) is 11.4. The van der Waals surface area contributed by atoms with Crippen molar-refractivity contribution in [2.24, 2.45) is 0 Å². The number of hydrogen-bond acceptors (Lipinski definition) is 5. The number of carbonyl (C=O) groups excluding carboxylic acids is 1. The number of nitro groups is 2. The minimum atomic E-state index is -1.04. The lowest BCUT2D eigenvalue weighted by atomic mass is 9.86. The van der Waals surface area contributed by atoms with E-state index in [0.29, 0.717) is 11.1 Å². The van der Waals surface area contributed by atoms with E-state index in [2.05, 4.69) is 0 Å². The van der Waals surface area contributed by atoms with Crippen molar-refractivity contribution in [3.05, 3.63) is 86.0 Å². The van der Waals surface area contributed by atoms with Crippen molar-refractivity contribution < 1.29 is 14.6 Å². The molecule has 2 atom stereocenters. The smallest absolute Gasteiger partial charge is 0.269 e. The number of nitrogens with zero attached hydrogens (tertiary/aromatic N) is 2. The fourth-order valence-electron chi connectivity index (χ4n) is 2.52. The highest BCUT2D eigenvalue weighted by Crippen LogP contribution is 2.29. The van der Waals surface area contributed by atoms with Crippen LogP contribution in [0.3, 0.4) is 0 Å². The number of benzene rings is 2. The van der Waals surface area contributed by atoms with Crippen molar-refractivity contribution in [1.82, 2.24) is 0 Å². The standard InChI is InChI=1S/C17H16N2O5/c1-12(18(21)22)16(11-17(20)13-6-3-2-4-7-13)14-8-5-9-15(10-14)19(23)24/h2-10,12,16H,11H2,1H3. The summed E-state index contributed by atoms with van der Waals surface area (Å²) in [4.78, 5) is 33.5. The van der Waals surface area contributed by atoms with Gasteiger partial charge in [0.05, 0.1) is 10.8 Å². The number of nitro benzene ring substituents is 1. The van der Waals surface area contributed by atoms with Crippen LogP contribution >= 0.6 is 0 Å². The Kier molecular flexibility index (Phi) is 5.36. The molecule has 7 nitrogen and oxygen atoms in total. The quantitative estimate of drug-likeness (QED) is 0.438. The summed E-state index contributed by atoms with van der Waals surface area (Å²) in [6.07, 6.45) is -0.0900. The van der Waals surface area contributed by atoms with Gasteiger partial charge in [0.15, 0.2) is 5.78 Å². The van der Waals surface area contributed by atoms with E-state index in [1.54, 1.807) is 36.4 Å². The summed E-state index contributed by atoms with van der Waals surface area (Å²) in [5.41, 5.74) is 0.723. The number of hydrogen-bond donors (Lipinski definition) is 0. The Hall–Kier alpha value is -3.09. The van der Waals surface area contributed by atoms with Crippen molar-refractivity contribution in [1.29, 1.82) is 0 Å². The zero-order valence-corrected chi connectivity index (χ0v) is 13.0. The van der Waals surface area contributed by atoms with Gasteiger partial charge in [-0.25, -0.2) is 0 Å². The van der Waals surface area contributed by atoms with E-state index in [4.69, 9.17) is 0 Å². The Bertz CT molecular complexity index is 761. The highest BCUT2D eigenvalue weighted by Gasteiger charge is 2.31. The third kappa shape index (κ3) is 4.01. The van der Waals surface area contributed by atoms with Crippen molar-refractivity contribution in [2.45, 2.75) is 25.3 Å². The number of carbonyl (C=O) groups is 1. The molecule has 2 rings (SSSR count). The van der Waals surface area contributed by atoms with Gasteiger partial charge in [-0.15, -0.1) is 0 Å². The minimum Gasteiger partial charge on any atom is -0.294 e. The fraction of sp³-hybridized carbons (Fsp3) is 0.235. The highest BCUT2D eigenvalue weighted by molar-refractivity contribution is 5.96. The van der Waals surface area contributed by atoms with Gasteiger partial charge < -0.3 is 0 Å². The summed E-state index contributed by atoms with van der Waals surface area (Å²) >= 11 is 0. The molecule has 0 heterocycles. The van der Waals surface area contributed by atoms with Crippen molar-refractivity contribution in [3.8, 4) is 0 Å². The largest absolute Gasteiger partial charge is 0.294 e. The molecule has 0 bridgehead atoms. The Morgan fingerprint density at radius 3 is 2.29 bits per heavy atom. The SMILES string of the molecule is CC(C(CC(=O)c1ccccc1)c1cccc([N+](=O)[O-])c1)[N+](=O)[O-]. The Morgan fingerprint density at radius 2 is 1.71 bits per heavy atom. The van der Waals surface area contributed by atoms with Crippen molar-refractivity contribution >= 4 is 11.5 Å². The summed E-state index contributed by atoms with van der Waals surface area (Å²) < 4.78 is 0. The van der Waals surface area contributed by atoms with Crippen LogP contribution in [0, 0.1) is 20.2 Å². The number of rotatable bonds is 7. The summed E-state index contributed by atoms with van der Waals surface area (Å²) in [7, 11) is 0. The summed E-state index contributed by atoms with van der Waals surface area (Å²) in [5.74, 6) is -0.978. The maximum absolute atomic E-state index is 12.4. The van der Waals surface area contributed by atoms with Crippen LogP contribution in [0.1, 0.15) is 35.2 Å². The van der Waals surface area contributed by atoms with E-state index in [1.807, 2.05) is 0 Å². The first-order valence-electron chi connectivity index (χ1n) is 7.36. The van der Waals surface area contributed by atoms with Crippen molar-refractivity contribution in [3.63, 3.8) is 0 Å². The fourth-order valence-corrected chi connectivity index (χ4v) is 2.52. The molecule has 0 aliphatic carbocycles. The average molecular weight is 328 g/mol. The normalized spacial score (nSPS) is 13.0. The summed E-state index contributed by atoms with van der Waals surface area (Å²) in [5, 5.41) is 22.1. The van der Waals surface area contributed by atoms with Gasteiger partial charge in [0.1, 0.15) is 0 Å². The lowest BCUT2D eigenvalue weighted by molar-refractivity contribution is -0.522. The molecule has 2 aromatic carbocycles. The topological polar surface area (TPSA) is 103 Å². The Labute approximate surface area is 138 Å². The van der Waals surface area contributed by atoms with Gasteiger partial charge >= 0.3 is 0 Å². The molecule has 0 aromatic heterocycles. The second kappa shape index (κ2) is 7.45. The minimum absolute atomic E-state index is 0.0900. The summed E-state index contributed by atoms with van der Waals surface area (Å²) in [6.45, 7) is 1.40. The third-order valence-corrected chi connectivity index (χ3v) is 3.93. The van der Waals surface area contributed by atoms with E-state index in [9.17, 15) is 25.0 Å². The average Bonchev–Trinajstić information content (AvgIpc) is 2.59. The maximum atomic E-state index is 12.4. The number of non-ortho nitro benzene ring substituents is 1. The van der Waals surface area contributed by atoms with E-state index in [0.717, 1.165) is 0 Å². The van der Waals surface area contributed by atoms with Crippen molar-refractivity contribution in [2.75, 3.05) is 0 Å². The molecule has 0 N–H and O–H groups in total. The van der Waals surface area contributed by atoms with Gasteiger partial charge in [-0.05, 0) is 5.56 Å². The van der Waals surface area contributed by atoms with E-state index < -0.39 is 21.8 Å². The molecule has 0 fully saturated rings. The van der Waals surface area contributed by atoms with Crippen LogP contribution in [0.25, 0.3) is 0 Å². The zero-order chi connectivity index (χ0) is 17.7. The van der Waals surface area contributed by atoms with Gasteiger partial charge in [0.2, 0.25) is 6.04 Å². The predicted octanol–water partition coefficient (Wildman–Crippen LogP) is 3.62. The molecule has 0 aliphatic heterocycles. The molecule has 0 radical (unpaired) electrons. The number of Topliss-reactive ketones (excluding diaryl/α,β-unsaturated/α-hetero) is 1. The van der Waals surface area contributed by atoms with Gasteiger partial charge in [-0.2, -0.15) is 0 Å².